The average Bonchev–Trinajstić information content (AvgIpc) is 3.15. The van der Waals surface area contributed by atoms with Gasteiger partial charge < -0.3 is 5.32 Å². The number of hydrogen-bond acceptors (Lipinski definition) is 7. The highest BCUT2D eigenvalue weighted by Crippen LogP contribution is 2.36. The van der Waals surface area contributed by atoms with Crippen molar-refractivity contribution in [3.05, 3.63) is 81.0 Å². The Labute approximate surface area is 227 Å². The van der Waals surface area contributed by atoms with E-state index in [1.165, 1.54) is 32.8 Å². The van der Waals surface area contributed by atoms with Crippen LogP contribution in [0.3, 0.4) is 0 Å². The molecule has 39 heavy (non-hydrogen) atoms. The summed E-state index contributed by atoms with van der Waals surface area (Å²) in [6, 6.07) is 9.77. The van der Waals surface area contributed by atoms with Crippen molar-refractivity contribution < 1.29 is 0 Å². The van der Waals surface area contributed by atoms with Gasteiger partial charge in [-0.2, -0.15) is 4.98 Å². The fourth-order valence-corrected chi connectivity index (χ4v) is 5.29. The van der Waals surface area contributed by atoms with Crippen LogP contribution in [0.25, 0.3) is 16.9 Å². The lowest BCUT2D eigenvalue weighted by atomic mass is 9.78. The predicted octanol–water partition coefficient (Wildman–Crippen LogP) is 4.15. The Hall–Kier alpha value is -4.05. The van der Waals surface area contributed by atoms with Crippen LogP contribution < -0.4 is 16.4 Å². The summed E-state index contributed by atoms with van der Waals surface area (Å²) in [5.74, 6) is 0.772. The monoisotopic (exact) mass is 528 g/mol. The summed E-state index contributed by atoms with van der Waals surface area (Å²) >= 11 is 0. The zero-order valence-corrected chi connectivity index (χ0v) is 23.5. The molecule has 0 spiro atoms. The van der Waals surface area contributed by atoms with E-state index >= 15 is 0 Å². The second-order valence-corrected chi connectivity index (χ2v) is 11.4. The van der Waals surface area contributed by atoms with Crippen molar-refractivity contribution in [3.63, 3.8) is 0 Å². The Morgan fingerprint density at radius 3 is 2.56 bits per heavy atom. The molecule has 0 bridgehead atoms. The molecule has 4 aromatic rings. The lowest BCUT2D eigenvalue weighted by Gasteiger charge is -2.42. The summed E-state index contributed by atoms with van der Waals surface area (Å²) in [6.45, 7) is 18.7. The molecule has 0 aliphatic carbocycles. The summed E-state index contributed by atoms with van der Waals surface area (Å²) < 4.78 is 4.51. The number of anilines is 2. The van der Waals surface area contributed by atoms with Crippen LogP contribution in [-0.2, 0) is 18.5 Å². The molecule has 0 radical (unpaired) electrons. The molecule has 1 N–H and O–H groups in total. The van der Waals surface area contributed by atoms with Gasteiger partial charge in [0.1, 0.15) is 5.39 Å². The van der Waals surface area contributed by atoms with E-state index in [0.29, 0.717) is 28.8 Å². The number of rotatable bonds is 7. The smallest absolute Gasteiger partial charge is 0.278 e. The summed E-state index contributed by atoms with van der Waals surface area (Å²) in [4.78, 5) is 37.3. The van der Waals surface area contributed by atoms with Gasteiger partial charge in [0.2, 0.25) is 5.95 Å². The minimum Gasteiger partial charge on any atom is -0.324 e. The van der Waals surface area contributed by atoms with Crippen molar-refractivity contribution in [1.29, 1.82) is 0 Å². The normalized spacial score (nSPS) is 15.2. The average molecular weight is 529 g/mol. The van der Waals surface area contributed by atoms with Crippen LogP contribution in [0.4, 0.5) is 11.6 Å². The molecule has 3 aromatic heterocycles. The van der Waals surface area contributed by atoms with Crippen LogP contribution in [0.1, 0.15) is 58.7 Å². The molecule has 204 valence electrons. The minimum absolute atomic E-state index is 0.00602. The highest BCUT2D eigenvalue weighted by Gasteiger charge is 2.33. The van der Waals surface area contributed by atoms with Crippen molar-refractivity contribution in [1.82, 2.24) is 34.0 Å². The summed E-state index contributed by atoms with van der Waals surface area (Å²) in [7, 11) is 0. The Kier molecular flexibility index (Phi) is 6.76. The maximum Gasteiger partial charge on any atom is 0.278 e. The van der Waals surface area contributed by atoms with Gasteiger partial charge in [0.05, 0.1) is 12.6 Å². The van der Waals surface area contributed by atoms with Crippen LogP contribution in [0.2, 0.25) is 0 Å². The highest BCUT2D eigenvalue weighted by molar-refractivity contribution is 5.77. The standard InChI is InChI=1S/C29H36N8O2/c1-8-13-35-27(39)22-15-30-28(32-26(22)37(35)24-11-12-25(38)36(33-24)19(4)5)31-21-10-9-20-16-34(18(2)3)17-29(6,7)23(20)14-21/h8-12,14-15,18-19H,1,13,16-17H2,2-7H3,(H,30,31,32). The summed E-state index contributed by atoms with van der Waals surface area (Å²) in [6.07, 6.45) is 3.17. The molecular formula is C29H36N8O2. The molecule has 4 heterocycles. The molecule has 0 atom stereocenters. The maximum absolute atomic E-state index is 13.3. The van der Waals surface area contributed by atoms with Gasteiger partial charge in [0.15, 0.2) is 11.5 Å². The van der Waals surface area contributed by atoms with E-state index in [2.05, 4.69) is 66.7 Å². The largest absolute Gasteiger partial charge is 0.324 e. The van der Waals surface area contributed by atoms with Crippen LogP contribution in [0.15, 0.2) is 58.8 Å². The number of hydrogen-bond donors (Lipinski definition) is 1. The zero-order chi connectivity index (χ0) is 28.1. The quantitative estimate of drug-likeness (QED) is 0.360. The minimum atomic E-state index is -0.259. The van der Waals surface area contributed by atoms with Crippen LogP contribution in [0.5, 0.6) is 0 Å². The third-order valence-corrected chi connectivity index (χ3v) is 7.29. The topological polar surface area (TPSA) is 103 Å². The van der Waals surface area contributed by atoms with E-state index in [1.807, 2.05) is 19.9 Å². The molecule has 0 unspecified atom stereocenters. The molecule has 10 nitrogen and oxygen atoms in total. The molecule has 0 fully saturated rings. The van der Waals surface area contributed by atoms with Crippen molar-refractivity contribution in [2.75, 3.05) is 11.9 Å². The molecule has 0 saturated heterocycles. The first-order chi connectivity index (χ1) is 18.5. The Morgan fingerprint density at radius 2 is 1.87 bits per heavy atom. The SMILES string of the molecule is C=CCn1c(=O)c2cnc(Nc3ccc4c(c3)C(C)(C)CN(C(C)C)C4)nc2n1-c1ccc(=O)n(C(C)C)n1. The van der Waals surface area contributed by atoms with E-state index in [-0.39, 0.29) is 29.1 Å². The molecular weight excluding hydrogens is 492 g/mol. The first kappa shape index (κ1) is 26.6. The fraction of sp³-hybridized carbons (Fsp3) is 0.414. The molecule has 10 heteroatoms. The van der Waals surface area contributed by atoms with E-state index < -0.39 is 0 Å². The van der Waals surface area contributed by atoms with Crippen molar-refractivity contribution in [2.45, 2.75) is 72.1 Å². The summed E-state index contributed by atoms with van der Waals surface area (Å²) in [5, 5.41) is 8.23. The van der Waals surface area contributed by atoms with E-state index in [9.17, 15) is 9.59 Å². The Morgan fingerprint density at radius 1 is 1.10 bits per heavy atom. The van der Waals surface area contributed by atoms with E-state index in [4.69, 9.17) is 4.98 Å². The Bertz CT molecular complexity index is 1680. The number of aromatic nitrogens is 6. The van der Waals surface area contributed by atoms with Crippen LogP contribution in [0, 0.1) is 0 Å². The van der Waals surface area contributed by atoms with Crippen LogP contribution in [-0.4, -0.2) is 46.6 Å². The number of fused-ring (bicyclic) bond motifs is 2. The third-order valence-electron chi connectivity index (χ3n) is 7.29. The van der Waals surface area contributed by atoms with E-state index in [1.54, 1.807) is 16.8 Å². The number of allylic oxidation sites excluding steroid dienone is 1. The second kappa shape index (κ2) is 9.92. The van der Waals surface area contributed by atoms with Gasteiger partial charge in [0.25, 0.3) is 11.1 Å². The molecule has 1 aliphatic heterocycles. The van der Waals surface area contributed by atoms with E-state index in [0.717, 1.165) is 18.8 Å². The predicted molar refractivity (Wildman–Crippen MR) is 154 cm³/mol. The zero-order valence-electron chi connectivity index (χ0n) is 23.5. The van der Waals surface area contributed by atoms with Gasteiger partial charge in [-0.25, -0.2) is 19.0 Å². The van der Waals surface area contributed by atoms with Crippen molar-refractivity contribution >= 4 is 22.7 Å². The van der Waals surface area contributed by atoms with Crippen LogP contribution >= 0.6 is 0 Å². The first-order valence-electron chi connectivity index (χ1n) is 13.3. The molecule has 1 aromatic carbocycles. The van der Waals surface area contributed by atoms with Gasteiger partial charge in [-0.15, -0.1) is 11.7 Å². The summed E-state index contributed by atoms with van der Waals surface area (Å²) in [5.41, 5.74) is 3.42. The van der Waals surface area contributed by atoms with Gasteiger partial charge >= 0.3 is 0 Å². The van der Waals surface area contributed by atoms with Gasteiger partial charge in [-0.3, -0.25) is 14.5 Å². The third kappa shape index (κ3) is 4.80. The number of nitrogens with zero attached hydrogens (tertiary/aromatic N) is 7. The van der Waals surface area contributed by atoms with Gasteiger partial charge in [-0.1, -0.05) is 26.0 Å². The van der Waals surface area contributed by atoms with Gasteiger partial charge in [0, 0.05) is 42.5 Å². The molecule has 5 rings (SSSR count). The van der Waals surface area contributed by atoms with Crippen molar-refractivity contribution in [2.24, 2.45) is 0 Å². The Balaban J connectivity index is 1.58. The lowest BCUT2D eigenvalue weighted by molar-refractivity contribution is 0.155. The number of benzene rings is 1. The maximum atomic E-state index is 13.3. The second-order valence-electron chi connectivity index (χ2n) is 11.4. The number of nitrogens with one attached hydrogen (secondary N) is 1. The fourth-order valence-electron chi connectivity index (χ4n) is 5.29. The lowest BCUT2D eigenvalue weighted by Crippen LogP contribution is -2.45. The first-order valence-corrected chi connectivity index (χ1v) is 13.3. The van der Waals surface area contributed by atoms with Gasteiger partial charge in [-0.05, 0) is 57.0 Å². The molecule has 0 saturated carbocycles. The van der Waals surface area contributed by atoms with Crippen molar-refractivity contribution in [3.8, 4) is 5.82 Å². The molecule has 0 amide bonds. The molecule has 1 aliphatic rings. The highest BCUT2D eigenvalue weighted by atomic mass is 16.1.